The maximum atomic E-state index is 11.7. The largest absolute Gasteiger partial charge is 0.478 e. The number of benzene rings is 3. The third kappa shape index (κ3) is 4.42. The molecular formula is C27H19N3O3S. The highest BCUT2D eigenvalue weighted by Gasteiger charge is 2.14. The molecule has 2 N–H and O–H groups in total. The summed E-state index contributed by atoms with van der Waals surface area (Å²) in [6.07, 6.45) is 3.40. The molecule has 0 bridgehead atoms. The van der Waals surface area contributed by atoms with E-state index in [0.29, 0.717) is 22.2 Å². The summed E-state index contributed by atoms with van der Waals surface area (Å²) in [5.74, 6) is 0.215. The number of carboxylic acid groups (broad SMARTS) is 1. The van der Waals surface area contributed by atoms with E-state index in [2.05, 4.69) is 27.9 Å². The number of nitrogens with one attached hydrogen (secondary N) is 1. The number of hydrogen-bond acceptors (Lipinski definition) is 6. The van der Waals surface area contributed by atoms with Crippen molar-refractivity contribution in [1.29, 1.82) is 0 Å². The molecule has 0 aliphatic heterocycles. The van der Waals surface area contributed by atoms with Gasteiger partial charge in [-0.2, -0.15) is 0 Å². The molecule has 3 aromatic carbocycles. The zero-order valence-corrected chi connectivity index (χ0v) is 18.7. The quantitative estimate of drug-likeness (QED) is 0.239. The molecule has 0 atom stereocenters. The van der Waals surface area contributed by atoms with Crippen molar-refractivity contribution in [2.45, 2.75) is 4.90 Å². The predicted octanol–water partition coefficient (Wildman–Crippen LogP) is 6.82. The van der Waals surface area contributed by atoms with E-state index in [1.807, 2.05) is 60.7 Å². The van der Waals surface area contributed by atoms with Crippen LogP contribution in [0.3, 0.4) is 0 Å². The predicted molar refractivity (Wildman–Crippen MR) is 135 cm³/mol. The summed E-state index contributed by atoms with van der Waals surface area (Å²) >= 11 is 4.57. The van der Waals surface area contributed by atoms with Gasteiger partial charge in [-0.25, -0.2) is 9.78 Å². The number of thiol groups is 1. The van der Waals surface area contributed by atoms with Crippen LogP contribution in [0.25, 0.3) is 22.0 Å². The van der Waals surface area contributed by atoms with Crippen molar-refractivity contribution >= 4 is 40.9 Å². The fraction of sp³-hybridized carbons (Fsp3) is 0. The lowest BCUT2D eigenvalue weighted by Gasteiger charge is -2.15. The molecular weight excluding hydrogens is 446 g/mol. The first kappa shape index (κ1) is 21.5. The minimum absolute atomic E-state index is 0.176. The summed E-state index contributed by atoms with van der Waals surface area (Å²) in [6, 6.07) is 25.9. The molecule has 0 aliphatic carbocycles. The van der Waals surface area contributed by atoms with Crippen LogP contribution in [0.15, 0.2) is 102 Å². The van der Waals surface area contributed by atoms with Gasteiger partial charge in [0.25, 0.3) is 0 Å². The number of hydrogen-bond donors (Lipinski definition) is 3. The Morgan fingerprint density at radius 3 is 2.38 bits per heavy atom. The molecule has 2 heterocycles. The zero-order valence-electron chi connectivity index (χ0n) is 17.8. The fourth-order valence-corrected chi connectivity index (χ4v) is 3.86. The van der Waals surface area contributed by atoms with Gasteiger partial charge in [0.15, 0.2) is 0 Å². The molecule has 0 aliphatic rings. The van der Waals surface area contributed by atoms with E-state index >= 15 is 0 Å². The summed E-state index contributed by atoms with van der Waals surface area (Å²) in [7, 11) is 0. The Balaban J connectivity index is 1.50. The third-order valence-corrected chi connectivity index (χ3v) is 5.64. The van der Waals surface area contributed by atoms with Gasteiger partial charge in [0.1, 0.15) is 5.75 Å². The van der Waals surface area contributed by atoms with Crippen LogP contribution in [0.5, 0.6) is 11.6 Å². The number of rotatable bonds is 6. The van der Waals surface area contributed by atoms with Crippen LogP contribution in [-0.2, 0) is 0 Å². The van der Waals surface area contributed by atoms with Crippen molar-refractivity contribution in [3.05, 3.63) is 103 Å². The maximum absolute atomic E-state index is 11.7. The van der Waals surface area contributed by atoms with Gasteiger partial charge in [0, 0.05) is 34.3 Å². The van der Waals surface area contributed by atoms with Gasteiger partial charge in [-0.1, -0.05) is 36.4 Å². The third-order valence-electron chi connectivity index (χ3n) is 5.30. The molecule has 0 radical (unpaired) electrons. The van der Waals surface area contributed by atoms with E-state index < -0.39 is 5.97 Å². The molecule has 0 amide bonds. The van der Waals surface area contributed by atoms with Gasteiger partial charge in [0.05, 0.1) is 22.5 Å². The second-order valence-electron chi connectivity index (χ2n) is 7.53. The molecule has 7 heteroatoms. The number of fused-ring (bicyclic) bond motifs is 1. The second kappa shape index (κ2) is 9.25. The number of ether oxygens (including phenoxy) is 1. The number of nitrogens with zero attached hydrogens (tertiary/aromatic N) is 2. The monoisotopic (exact) mass is 465 g/mol. The number of para-hydroxylation sites is 2. The first-order valence-electron chi connectivity index (χ1n) is 10.5. The van der Waals surface area contributed by atoms with Crippen LogP contribution in [0.2, 0.25) is 0 Å². The molecule has 5 aromatic rings. The van der Waals surface area contributed by atoms with E-state index in [9.17, 15) is 9.90 Å². The number of carbonyl (C=O) groups is 1. The van der Waals surface area contributed by atoms with E-state index in [1.165, 1.54) is 0 Å². The second-order valence-corrected chi connectivity index (χ2v) is 8.01. The van der Waals surface area contributed by atoms with Crippen molar-refractivity contribution in [2.24, 2.45) is 0 Å². The average Bonchev–Trinajstić information content (AvgIpc) is 2.87. The molecule has 5 rings (SSSR count). The molecule has 0 fully saturated rings. The van der Waals surface area contributed by atoms with Crippen LogP contribution in [-0.4, -0.2) is 21.0 Å². The first-order valence-corrected chi connectivity index (χ1v) is 10.9. The number of pyridine rings is 2. The summed E-state index contributed by atoms with van der Waals surface area (Å²) in [4.78, 5) is 21.2. The Hall–Kier alpha value is -4.36. The first-order chi connectivity index (χ1) is 16.6. The molecule has 6 nitrogen and oxygen atoms in total. The van der Waals surface area contributed by atoms with Crippen molar-refractivity contribution in [3.8, 4) is 22.8 Å². The van der Waals surface area contributed by atoms with Crippen molar-refractivity contribution < 1.29 is 14.6 Å². The number of anilines is 2. The molecule has 2 aromatic heterocycles. The van der Waals surface area contributed by atoms with Crippen LogP contribution >= 0.6 is 12.6 Å². The number of carboxylic acids is 1. The van der Waals surface area contributed by atoms with E-state index in [-0.39, 0.29) is 5.56 Å². The van der Waals surface area contributed by atoms with E-state index in [1.54, 1.807) is 36.7 Å². The number of aromatic nitrogens is 2. The maximum Gasteiger partial charge on any atom is 0.337 e. The van der Waals surface area contributed by atoms with Crippen LogP contribution in [0.4, 0.5) is 11.4 Å². The SMILES string of the molecule is O=C(O)c1ccccc1Nc1c(S)cnc2ccc(-c3ccc(Oc4ccccc4)nc3)cc12. The summed E-state index contributed by atoms with van der Waals surface area (Å²) in [6.45, 7) is 0. The minimum atomic E-state index is -1.01. The van der Waals surface area contributed by atoms with Gasteiger partial charge in [-0.3, -0.25) is 4.98 Å². The Morgan fingerprint density at radius 2 is 1.62 bits per heavy atom. The van der Waals surface area contributed by atoms with Crippen LogP contribution in [0, 0.1) is 0 Å². The van der Waals surface area contributed by atoms with Gasteiger partial charge in [0.2, 0.25) is 5.88 Å². The molecule has 0 spiro atoms. The highest BCUT2D eigenvalue weighted by atomic mass is 32.1. The lowest BCUT2D eigenvalue weighted by Crippen LogP contribution is -2.03. The summed E-state index contributed by atoms with van der Waals surface area (Å²) < 4.78 is 5.78. The molecule has 34 heavy (non-hydrogen) atoms. The summed E-state index contributed by atoms with van der Waals surface area (Å²) in [5, 5.41) is 13.6. The van der Waals surface area contributed by atoms with Gasteiger partial charge >= 0.3 is 5.97 Å². The lowest BCUT2D eigenvalue weighted by molar-refractivity contribution is 0.0698. The lowest BCUT2D eigenvalue weighted by atomic mass is 10.0. The summed E-state index contributed by atoms with van der Waals surface area (Å²) in [5.41, 5.74) is 3.93. The topological polar surface area (TPSA) is 84.3 Å². The zero-order chi connectivity index (χ0) is 23.5. The Labute approximate surface area is 201 Å². The van der Waals surface area contributed by atoms with Gasteiger partial charge < -0.3 is 15.2 Å². The highest BCUT2D eigenvalue weighted by Crippen LogP contribution is 2.35. The van der Waals surface area contributed by atoms with Gasteiger partial charge in [-0.15, -0.1) is 12.6 Å². The number of aromatic carboxylic acids is 1. The standard InChI is InChI=1S/C27H19N3O3S/c31-27(32)20-8-4-5-9-23(20)30-26-21-14-17(10-12-22(21)28-16-24(26)34)18-11-13-25(29-15-18)33-19-6-2-1-3-7-19/h1-16,34H,(H,28,30)(H,31,32). The normalized spacial score (nSPS) is 10.7. The van der Waals surface area contributed by atoms with Crippen molar-refractivity contribution in [3.63, 3.8) is 0 Å². The average molecular weight is 466 g/mol. The molecule has 0 saturated carbocycles. The van der Waals surface area contributed by atoms with Crippen LogP contribution in [0.1, 0.15) is 10.4 Å². The molecule has 0 unspecified atom stereocenters. The van der Waals surface area contributed by atoms with E-state index in [0.717, 1.165) is 27.8 Å². The van der Waals surface area contributed by atoms with Gasteiger partial charge in [-0.05, 0) is 48.0 Å². The Kier molecular flexibility index (Phi) is 5.84. The molecule has 166 valence electrons. The molecule has 0 saturated heterocycles. The van der Waals surface area contributed by atoms with E-state index in [4.69, 9.17) is 4.74 Å². The van der Waals surface area contributed by atoms with Crippen molar-refractivity contribution in [2.75, 3.05) is 5.32 Å². The Bertz CT molecular complexity index is 1490. The fourth-order valence-electron chi connectivity index (χ4n) is 3.63. The smallest absolute Gasteiger partial charge is 0.337 e. The Morgan fingerprint density at radius 1 is 0.853 bits per heavy atom. The minimum Gasteiger partial charge on any atom is -0.478 e. The van der Waals surface area contributed by atoms with Crippen molar-refractivity contribution in [1.82, 2.24) is 9.97 Å². The van der Waals surface area contributed by atoms with Crippen LogP contribution < -0.4 is 10.1 Å². The highest BCUT2D eigenvalue weighted by molar-refractivity contribution is 7.80.